The van der Waals surface area contributed by atoms with E-state index in [0.29, 0.717) is 4.80 Å². The average Bonchev–Trinajstić information content (AvgIpc) is 3.35. The lowest BCUT2D eigenvalue weighted by atomic mass is 10.2. The number of furan rings is 1. The van der Waals surface area contributed by atoms with Gasteiger partial charge in [0.05, 0.1) is 23.7 Å². The van der Waals surface area contributed by atoms with Crippen LogP contribution in [0.15, 0.2) is 91.1 Å². The van der Waals surface area contributed by atoms with Crippen molar-refractivity contribution in [1.29, 1.82) is 0 Å². The third-order valence-electron chi connectivity index (χ3n) is 3.90. The van der Waals surface area contributed by atoms with Crippen LogP contribution in [-0.2, 0) is 0 Å². The average molecular weight is 469 g/mol. The Labute approximate surface area is 177 Å². The summed E-state index contributed by atoms with van der Waals surface area (Å²) in [7, 11) is 0. The number of nitrogens with zero attached hydrogens (tertiary/aromatic N) is 4. The predicted octanol–water partition coefficient (Wildman–Crippen LogP) is 5.59. The number of hydrogen-bond donors (Lipinski definition) is 0. The van der Waals surface area contributed by atoms with Gasteiger partial charge in [-0.3, -0.25) is 10.1 Å². The highest BCUT2D eigenvalue weighted by Gasteiger charge is 2.11. The number of rotatable bonds is 5. The molecule has 29 heavy (non-hydrogen) atoms. The first-order valence-electron chi connectivity index (χ1n) is 8.45. The number of para-hydroxylation sites is 1. The molecular formula is C20H13BrN4O3S. The highest BCUT2D eigenvalue weighted by atomic mass is 79.9. The molecule has 0 aliphatic heterocycles. The second-order valence-corrected chi connectivity index (χ2v) is 7.60. The van der Waals surface area contributed by atoms with Crippen molar-refractivity contribution in [3.05, 3.63) is 97.3 Å². The molecule has 0 bridgehead atoms. The molecule has 4 aromatic rings. The summed E-state index contributed by atoms with van der Waals surface area (Å²) < 4.78 is 7.83. The topological polar surface area (TPSA) is 85.9 Å². The molecule has 7 nitrogen and oxygen atoms in total. The fourth-order valence-corrected chi connectivity index (χ4v) is 3.67. The van der Waals surface area contributed by atoms with Crippen LogP contribution in [0.3, 0.4) is 0 Å². The molecular weight excluding hydrogens is 456 g/mol. The summed E-state index contributed by atoms with van der Waals surface area (Å²) in [5.74, 6) is -0.0492. The standard InChI is InChI=1S/C20H13BrN4O3S/c21-15-8-6-14(7-9-15)18-13-29-20(23-16-4-2-1-3-5-16)24(18)22-12-17-10-11-19(28-17)25(26)27/h1-13H. The third kappa shape index (κ3) is 4.41. The van der Waals surface area contributed by atoms with E-state index in [4.69, 9.17) is 4.42 Å². The van der Waals surface area contributed by atoms with Crippen molar-refractivity contribution in [2.75, 3.05) is 0 Å². The highest BCUT2D eigenvalue weighted by molar-refractivity contribution is 9.10. The summed E-state index contributed by atoms with van der Waals surface area (Å²) in [6.45, 7) is 0. The number of benzene rings is 2. The van der Waals surface area contributed by atoms with Gasteiger partial charge in [-0.1, -0.05) is 46.3 Å². The Morgan fingerprint density at radius 1 is 1.07 bits per heavy atom. The molecule has 0 saturated heterocycles. The maximum absolute atomic E-state index is 10.8. The van der Waals surface area contributed by atoms with Crippen molar-refractivity contribution in [3.8, 4) is 11.3 Å². The van der Waals surface area contributed by atoms with Crippen molar-refractivity contribution in [3.63, 3.8) is 0 Å². The van der Waals surface area contributed by atoms with E-state index in [-0.39, 0.29) is 11.6 Å². The monoisotopic (exact) mass is 468 g/mol. The Kier molecular flexibility index (Phi) is 5.50. The molecule has 9 heteroatoms. The minimum Gasteiger partial charge on any atom is -0.400 e. The van der Waals surface area contributed by atoms with Crippen molar-refractivity contribution in [1.82, 2.24) is 4.68 Å². The fraction of sp³-hybridized carbons (Fsp3) is 0. The molecule has 0 unspecified atom stereocenters. The van der Waals surface area contributed by atoms with Crippen LogP contribution in [0.1, 0.15) is 5.76 Å². The van der Waals surface area contributed by atoms with E-state index in [9.17, 15) is 10.1 Å². The largest absolute Gasteiger partial charge is 0.433 e. The maximum atomic E-state index is 10.8. The van der Waals surface area contributed by atoms with Gasteiger partial charge < -0.3 is 4.42 Å². The summed E-state index contributed by atoms with van der Waals surface area (Å²) in [4.78, 5) is 15.6. The second-order valence-electron chi connectivity index (χ2n) is 5.85. The summed E-state index contributed by atoms with van der Waals surface area (Å²) >= 11 is 4.89. The minimum atomic E-state index is -0.585. The van der Waals surface area contributed by atoms with E-state index in [1.165, 1.54) is 29.7 Å². The molecule has 0 aliphatic rings. The zero-order valence-corrected chi connectivity index (χ0v) is 17.2. The van der Waals surface area contributed by atoms with Crippen molar-refractivity contribution >= 4 is 45.1 Å². The van der Waals surface area contributed by atoms with Crippen LogP contribution in [0, 0.1) is 10.1 Å². The smallest absolute Gasteiger partial charge is 0.400 e. The van der Waals surface area contributed by atoms with Crippen LogP contribution in [0.4, 0.5) is 11.6 Å². The van der Waals surface area contributed by atoms with Gasteiger partial charge in [-0.25, -0.2) is 9.67 Å². The lowest BCUT2D eigenvalue weighted by molar-refractivity contribution is -0.402. The van der Waals surface area contributed by atoms with Gasteiger partial charge in [-0.2, -0.15) is 5.10 Å². The first kappa shape index (κ1) is 19.0. The highest BCUT2D eigenvalue weighted by Crippen LogP contribution is 2.23. The van der Waals surface area contributed by atoms with Gasteiger partial charge in [-0.15, -0.1) is 11.3 Å². The van der Waals surface area contributed by atoms with E-state index in [2.05, 4.69) is 26.0 Å². The zero-order chi connectivity index (χ0) is 20.2. The lowest BCUT2D eigenvalue weighted by Gasteiger charge is -2.03. The lowest BCUT2D eigenvalue weighted by Crippen LogP contribution is -2.11. The Balaban J connectivity index is 1.80. The zero-order valence-electron chi connectivity index (χ0n) is 14.8. The molecule has 0 saturated carbocycles. The molecule has 0 radical (unpaired) electrons. The van der Waals surface area contributed by atoms with Crippen LogP contribution in [-0.4, -0.2) is 15.8 Å². The van der Waals surface area contributed by atoms with Crippen molar-refractivity contribution in [2.24, 2.45) is 10.1 Å². The molecule has 4 rings (SSSR count). The molecule has 2 heterocycles. The van der Waals surface area contributed by atoms with E-state index in [1.54, 1.807) is 4.68 Å². The van der Waals surface area contributed by atoms with Crippen LogP contribution >= 0.6 is 27.3 Å². The number of halogens is 1. The summed E-state index contributed by atoms with van der Waals surface area (Å²) in [5.41, 5.74) is 2.60. The van der Waals surface area contributed by atoms with E-state index >= 15 is 0 Å². The Hall–Kier alpha value is -3.30. The molecule has 0 N–H and O–H groups in total. The van der Waals surface area contributed by atoms with Crippen LogP contribution in [0.25, 0.3) is 11.3 Å². The molecule has 2 aromatic heterocycles. The van der Waals surface area contributed by atoms with Gasteiger partial charge >= 0.3 is 5.88 Å². The fourth-order valence-electron chi connectivity index (χ4n) is 2.55. The predicted molar refractivity (Wildman–Crippen MR) is 115 cm³/mol. The Morgan fingerprint density at radius 2 is 1.83 bits per heavy atom. The number of hydrogen-bond acceptors (Lipinski definition) is 6. The van der Waals surface area contributed by atoms with Crippen LogP contribution in [0.5, 0.6) is 0 Å². The summed E-state index contributed by atoms with van der Waals surface area (Å²) in [5, 5.41) is 17.3. The number of nitro groups is 1. The van der Waals surface area contributed by atoms with Gasteiger partial charge in [0.2, 0.25) is 4.80 Å². The molecule has 0 amide bonds. The van der Waals surface area contributed by atoms with Gasteiger partial charge in [0.15, 0.2) is 5.76 Å². The van der Waals surface area contributed by atoms with Crippen LogP contribution in [0.2, 0.25) is 0 Å². The van der Waals surface area contributed by atoms with E-state index in [1.807, 2.05) is 60.0 Å². The summed E-state index contributed by atoms with van der Waals surface area (Å²) in [6.07, 6.45) is 1.44. The SMILES string of the molecule is O=[N+]([O-])c1ccc(C=Nn2c(-c3ccc(Br)cc3)csc2=Nc2ccccc2)o1. The molecule has 0 spiro atoms. The quantitative estimate of drug-likeness (QED) is 0.217. The van der Waals surface area contributed by atoms with E-state index < -0.39 is 4.92 Å². The normalized spacial score (nSPS) is 12.0. The van der Waals surface area contributed by atoms with E-state index in [0.717, 1.165) is 21.4 Å². The van der Waals surface area contributed by atoms with Crippen LogP contribution < -0.4 is 4.80 Å². The molecule has 144 valence electrons. The van der Waals surface area contributed by atoms with Gasteiger partial charge in [0.1, 0.15) is 4.92 Å². The van der Waals surface area contributed by atoms with Crippen molar-refractivity contribution < 1.29 is 9.34 Å². The van der Waals surface area contributed by atoms with Crippen molar-refractivity contribution in [2.45, 2.75) is 0 Å². The van der Waals surface area contributed by atoms with Gasteiger partial charge in [0, 0.05) is 15.4 Å². The number of thiazole rings is 1. The molecule has 0 atom stereocenters. The van der Waals surface area contributed by atoms with Gasteiger partial charge in [0.25, 0.3) is 0 Å². The second kappa shape index (κ2) is 8.38. The molecule has 0 fully saturated rings. The summed E-state index contributed by atoms with van der Waals surface area (Å²) in [6, 6.07) is 20.2. The first-order valence-corrected chi connectivity index (χ1v) is 10.1. The Bertz CT molecular complexity index is 1240. The maximum Gasteiger partial charge on any atom is 0.433 e. The minimum absolute atomic E-state index is 0.280. The number of aromatic nitrogens is 1. The van der Waals surface area contributed by atoms with Gasteiger partial charge in [-0.05, 0) is 30.3 Å². The molecule has 2 aromatic carbocycles. The first-order chi connectivity index (χ1) is 14.1. The Morgan fingerprint density at radius 3 is 2.52 bits per heavy atom. The third-order valence-corrected chi connectivity index (χ3v) is 5.24. The molecule has 0 aliphatic carbocycles.